The van der Waals surface area contributed by atoms with Gasteiger partial charge >= 0.3 is 0 Å². The highest BCUT2D eigenvalue weighted by Gasteiger charge is 2.12. The summed E-state index contributed by atoms with van der Waals surface area (Å²) in [6.07, 6.45) is 2.25. The molecule has 1 atom stereocenters. The predicted molar refractivity (Wildman–Crippen MR) is 88.3 cm³/mol. The van der Waals surface area contributed by atoms with Gasteiger partial charge in [0.25, 0.3) is 0 Å². The lowest BCUT2D eigenvalue weighted by molar-refractivity contribution is 0.853. The second-order valence-electron chi connectivity index (χ2n) is 4.64. The van der Waals surface area contributed by atoms with Crippen molar-refractivity contribution in [1.82, 2.24) is 0 Å². The van der Waals surface area contributed by atoms with Crippen molar-refractivity contribution >= 4 is 31.9 Å². The van der Waals surface area contributed by atoms with Crippen LogP contribution < -0.4 is 5.73 Å². The predicted octanol–water partition coefficient (Wildman–Crippen LogP) is 5.21. The highest BCUT2D eigenvalue weighted by molar-refractivity contribution is 9.11. The van der Waals surface area contributed by atoms with Crippen molar-refractivity contribution in [2.75, 3.05) is 0 Å². The van der Waals surface area contributed by atoms with Crippen molar-refractivity contribution in [3.05, 3.63) is 68.1 Å². The van der Waals surface area contributed by atoms with Crippen molar-refractivity contribution in [3.63, 3.8) is 0 Å². The topological polar surface area (TPSA) is 26.0 Å². The minimum atomic E-state index is -0.0979. The molecule has 2 aromatic rings. The second-order valence-corrected chi connectivity index (χ2v) is 6.41. The van der Waals surface area contributed by atoms with E-state index in [1.807, 2.05) is 12.1 Å². The van der Waals surface area contributed by atoms with E-state index in [4.69, 9.17) is 5.73 Å². The summed E-state index contributed by atoms with van der Waals surface area (Å²) in [6.45, 7) is 2.19. The van der Waals surface area contributed by atoms with Crippen LogP contribution in [0, 0.1) is 0 Å². The minimum Gasteiger partial charge on any atom is -0.320 e. The lowest BCUT2D eigenvalue weighted by atomic mass is 9.97. The minimum absolute atomic E-state index is 0.0979. The van der Waals surface area contributed by atoms with Crippen LogP contribution in [0.3, 0.4) is 0 Å². The Morgan fingerprint density at radius 3 is 2.58 bits per heavy atom. The Morgan fingerprint density at radius 1 is 1.11 bits per heavy atom. The van der Waals surface area contributed by atoms with Crippen molar-refractivity contribution < 1.29 is 0 Å². The molecule has 0 amide bonds. The molecular weight excluding hydrogens is 366 g/mol. The number of hydrogen-bond acceptors (Lipinski definition) is 1. The largest absolute Gasteiger partial charge is 0.320 e. The number of nitrogens with two attached hydrogens (primary N) is 1. The number of aryl methyl sites for hydroxylation is 1. The van der Waals surface area contributed by atoms with Gasteiger partial charge < -0.3 is 5.73 Å². The van der Waals surface area contributed by atoms with Gasteiger partial charge in [-0.2, -0.15) is 0 Å². The summed E-state index contributed by atoms with van der Waals surface area (Å²) in [5, 5.41) is 0. The van der Waals surface area contributed by atoms with Gasteiger partial charge in [-0.1, -0.05) is 75.5 Å². The van der Waals surface area contributed by atoms with Gasteiger partial charge in [0.1, 0.15) is 0 Å². The number of benzene rings is 2. The molecule has 0 spiro atoms. The summed E-state index contributed by atoms with van der Waals surface area (Å²) in [5.74, 6) is 0. The van der Waals surface area contributed by atoms with Crippen molar-refractivity contribution in [2.24, 2.45) is 5.73 Å². The zero-order chi connectivity index (χ0) is 13.8. The van der Waals surface area contributed by atoms with Gasteiger partial charge in [-0.25, -0.2) is 0 Å². The quantitative estimate of drug-likeness (QED) is 0.771. The van der Waals surface area contributed by atoms with Crippen molar-refractivity contribution in [2.45, 2.75) is 25.8 Å². The molecule has 0 aliphatic rings. The molecule has 0 saturated carbocycles. The van der Waals surface area contributed by atoms with Crippen LogP contribution in [-0.4, -0.2) is 0 Å². The zero-order valence-electron chi connectivity index (χ0n) is 10.9. The maximum Gasteiger partial charge on any atom is 0.0562 e. The Labute approximate surface area is 131 Å². The summed E-state index contributed by atoms with van der Waals surface area (Å²) in [6, 6.07) is 14.6. The first-order valence-corrected chi connectivity index (χ1v) is 7.99. The zero-order valence-corrected chi connectivity index (χ0v) is 14.0. The van der Waals surface area contributed by atoms with Crippen LogP contribution in [0.5, 0.6) is 0 Å². The Balaban J connectivity index is 2.32. The molecule has 2 aromatic carbocycles. The summed E-state index contributed by atoms with van der Waals surface area (Å²) >= 11 is 7.05. The molecule has 0 radical (unpaired) electrons. The smallest absolute Gasteiger partial charge is 0.0562 e. The summed E-state index contributed by atoms with van der Waals surface area (Å²) in [4.78, 5) is 0. The maximum atomic E-state index is 6.39. The molecule has 3 heteroatoms. The Hall–Kier alpha value is -0.640. The third-order valence-electron chi connectivity index (χ3n) is 3.15. The number of rotatable bonds is 4. The fourth-order valence-electron chi connectivity index (χ4n) is 2.16. The second kappa shape index (κ2) is 6.69. The molecule has 1 nitrogen and oxygen atoms in total. The van der Waals surface area contributed by atoms with E-state index in [9.17, 15) is 0 Å². The van der Waals surface area contributed by atoms with Crippen LogP contribution in [0.1, 0.15) is 36.1 Å². The third-order valence-corrected chi connectivity index (χ3v) is 4.33. The van der Waals surface area contributed by atoms with E-state index in [0.717, 1.165) is 32.9 Å². The van der Waals surface area contributed by atoms with Crippen molar-refractivity contribution in [3.8, 4) is 0 Å². The molecule has 0 fully saturated rings. The van der Waals surface area contributed by atoms with Crippen LogP contribution in [-0.2, 0) is 6.42 Å². The van der Waals surface area contributed by atoms with Crippen LogP contribution in [0.15, 0.2) is 51.4 Å². The first-order valence-electron chi connectivity index (χ1n) is 6.41. The molecule has 2 N–H and O–H groups in total. The van der Waals surface area contributed by atoms with Crippen LogP contribution >= 0.6 is 31.9 Å². The highest BCUT2D eigenvalue weighted by atomic mass is 79.9. The van der Waals surface area contributed by atoms with Gasteiger partial charge in [-0.05, 0) is 35.2 Å². The van der Waals surface area contributed by atoms with E-state index in [2.05, 4.69) is 69.1 Å². The molecule has 0 saturated heterocycles. The van der Waals surface area contributed by atoms with Gasteiger partial charge in [0.2, 0.25) is 0 Å². The van der Waals surface area contributed by atoms with Crippen LogP contribution in [0.2, 0.25) is 0 Å². The molecule has 0 heterocycles. The molecule has 100 valence electrons. The van der Waals surface area contributed by atoms with Gasteiger partial charge in [0.05, 0.1) is 6.04 Å². The van der Waals surface area contributed by atoms with E-state index < -0.39 is 0 Å². The highest BCUT2D eigenvalue weighted by Crippen LogP contribution is 2.29. The first-order chi connectivity index (χ1) is 9.11. The van der Waals surface area contributed by atoms with Crippen LogP contribution in [0.25, 0.3) is 0 Å². The van der Waals surface area contributed by atoms with Crippen molar-refractivity contribution in [1.29, 1.82) is 0 Å². The average Bonchev–Trinajstić information content (AvgIpc) is 2.39. The molecule has 0 aromatic heterocycles. The maximum absolute atomic E-state index is 6.39. The summed E-state index contributed by atoms with van der Waals surface area (Å²) in [7, 11) is 0. The Kier molecular flexibility index (Phi) is 5.20. The first kappa shape index (κ1) is 14.8. The van der Waals surface area contributed by atoms with Gasteiger partial charge in [0.15, 0.2) is 0 Å². The fourth-order valence-corrected chi connectivity index (χ4v) is 3.46. The Morgan fingerprint density at radius 2 is 1.89 bits per heavy atom. The molecule has 19 heavy (non-hydrogen) atoms. The van der Waals surface area contributed by atoms with E-state index in [1.54, 1.807) is 0 Å². The standard InChI is InChI=1S/C16H17Br2N/c1-2-4-11-5-3-6-12(9-11)16(19)14-8-7-13(17)10-15(14)18/h3,5-10,16H,2,4,19H2,1H3. The third kappa shape index (κ3) is 3.68. The normalized spacial score (nSPS) is 12.4. The van der Waals surface area contributed by atoms with Crippen LogP contribution in [0.4, 0.5) is 0 Å². The molecule has 0 aliphatic heterocycles. The summed E-state index contributed by atoms with van der Waals surface area (Å²) < 4.78 is 2.09. The lowest BCUT2D eigenvalue weighted by Crippen LogP contribution is -2.12. The SMILES string of the molecule is CCCc1cccc(C(N)c2ccc(Br)cc2Br)c1. The Bertz CT molecular complexity index is 566. The molecule has 0 bridgehead atoms. The van der Waals surface area contributed by atoms with Gasteiger partial charge in [0, 0.05) is 8.95 Å². The molecule has 1 unspecified atom stereocenters. The molecule has 2 rings (SSSR count). The number of halogens is 2. The van der Waals surface area contributed by atoms with E-state index in [-0.39, 0.29) is 6.04 Å². The lowest BCUT2D eigenvalue weighted by Gasteiger charge is -2.15. The van der Waals surface area contributed by atoms with E-state index >= 15 is 0 Å². The summed E-state index contributed by atoms with van der Waals surface area (Å²) in [5.41, 5.74) is 10.0. The fraction of sp³-hybridized carbons (Fsp3) is 0.250. The van der Waals surface area contributed by atoms with Gasteiger partial charge in [-0.15, -0.1) is 0 Å². The monoisotopic (exact) mass is 381 g/mol. The molecular formula is C16H17Br2N. The number of hydrogen-bond donors (Lipinski definition) is 1. The van der Waals surface area contributed by atoms with E-state index in [1.165, 1.54) is 5.56 Å². The average molecular weight is 383 g/mol. The van der Waals surface area contributed by atoms with E-state index in [0.29, 0.717) is 0 Å². The van der Waals surface area contributed by atoms with Gasteiger partial charge in [-0.3, -0.25) is 0 Å². The molecule has 0 aliphatic carbocycles.